The number of hydrogen-bond acceptors (Lipinski definition) is 3. The Morgan fingerprint density at radius 1 is 1.15 bits per heavy atom. The van der Waals surface area contributed by atoms with Gasteiger partial charge in [-0.25, -0.2) is 22.3 Å². The number of halogens is 1. The van der Waals surface area contributed by atoms with E-state index in [9.17, 15) is 17.6 Å². The monoisotopic (exact) mass is 397 g/mol. The molecule has 3 rings (SSSR count). The normalized spacial score (nSPS) is 19.6. The molecule has 6 nitrogen and oxygen atoms in total. The summed E-state index contributed by atoms with van der Waals surface area (Å²) < 4.78 is 41.5. The number of rotatable bonds is 3. The molecule has 8 heteroatoms. The molecule has 0 atom stereocenters. The van der Waals surface area contributed by atoms with Gasteiger partial charge in [-0.3, -0.25) is 0 Å². The van der Waals surface area contributed by atoms with Gasteiger partial charge >= 0.3 is 6.03 Å². The molecule has 0 radical (unpaired) electrons. The highest BCUT2D eigenvalue weighted by atomic mass is 32.2. The zero-order chi connectivity index (χ0) is 19.9. The van der Waals surface area contributed by atoms with Crippen LogP contribution >= 0.6 is 0 Å². The number of anilines is 1. The van der Waals surface area contributed by atoms with Gasteiger partial charge in [0.15, 0.2) is 0 Å². The fourth-order valence-electron chi connectivity index (χ4n) is 3.58. The molecule has 2 amide bonds. The first-order chi connectivity index (χ1) is 12.5. The molecule has 27 heavy (non-hydrogen) atoms. The van der Waals surface area contributed by atoms with E-state index in [4.69, 9.17) is 0 Å². The van der Waals surface area contributed by atoms with Crippen LogP contribution in [0.5, 0.6) is 0 Å². The second kappa shape index (κ2) is 7.05. The van der Waals surface area contributed by atoms with Crippen LogP contribution in [-0.2, 0) is 10.0 Å². The number of nitrogens with one attached hydrogen (secondary N) is 2. The minimum Gasteiger partial charge on any atom is -0.325 e. The van der Waals surface area contributed by atoms with E-state index in [1.807, 2.05) is 0 Å². The molecule has 1 heterocycles. The number of hydrogen-bond donors (Lipinski definition) is 2. The van der Waals surface area contributed by atoms with Crippen molar-refractivity contribution in [2.24, 2.45) is 5.41 Å². The quantitative estimate of drug-likeness (QED) is 0.816. The molecule has 0 bridgehead atoms. The van der Waals surface area contributed by atoms with Gasteiger partial charge < -0.3 is 10.2 Å². The van der Waals surface area contributed by atoms with Gasteiger partial charge in [0.2, 0.25) is 10.0 Å². The first-order valence-electron chi connectivity index (χ1n) is 9.39. The van der Waals surface area contributed by atoms with Crippen molar-refractivity contribution < 1.29 is 17.6 Å². The molecular formula is C19H28FN3O3S. The average molecular weight is 398 g/mol. The van der Waals surface area contributed by atoms with Gasteiger partial charge in [-0.2, -0.15) is 0 Å². The van der Waals surface area contributed by atoms with Crippen molar-refractivity contribution in [2.45, 2.75) is 63.3 Å². The number of nitrogens with zero attached hydrogens (tertiary/aromatic N) is 1. The Morgan fingerprint density at radius 2 is 1.85 bits per heavy atom. The third-order valence-electron chi connectivity index (χ3n) is 5.20. The summed E-state index contributed by atoms with van der Waals surface area (Å²) in [5.74, 6) is -0.852. The lowest BCUT2D eigenvalue weighted by atomic mass is 9.98. The Hall–Kier alpha value is -1.67. The topological polar surface area (TPSA) is 78.5 Å². The number of urea groups is 1. The molecule has 0 unspecified atom stereocenters. The Morgan fingerprint density at radius 3 is 2.48 bits per heavy atom. The van der Waals surface area contributed by atoms with E-state index in [0.29, 0.717) is 18.5 Å². The average Bonchev–Trinajstić information content (AvgIpc) is 3.33. The smallest absolute Gasteiger partial charge is 0.321 e. The predicted octanol–water partition coefficient (Wildman–Crippen LogP) is 3.70. The van der Waals surface area contributed by atoms with E-state index in [0.717, 1.165) is 25.3 Å². The molecule has 2 N–H and O–H groups in total. The minimum absolute atomic E-state index is 0.265. The van der Waals surface area contributed by atoms with Crippen molar-refractivity contribution in [3.8, 4) is 0 Å². The van der Waals surface area contributed by atoms with Crippen LogP contribution in [0.4, 0.5) is 14.9 Å². The highest BCUT2D eigenvalue weighted by Gasteiger charge is 2.43. The predicted molar refractivity (Wildman–Crippen MR) is 103 cm³/mol. The van der Waals surface area contributed by atoms with Crippen molar-refractivity contribution in [1.29, 1.82) is 0 Å². The SMILES string of the molecule is CC(C)(C)NS(=O)(=O)c1cc(NC(=O)N2CCCC3(CC2)CC3)ccc1F. The first kappa shape index (κ1) is 20.1. The number of carbonyl (C=O) groups is 1. The summed E-state index contributed by atoms with van der Waals surface area (Å²) in [5, 5.41) is 2.72. The Labute approximate surface area is 160 Å². The summed E-state index contributed by atoms with van der Waals surface area (Å²) in [4.78, 5) is 13.9. The van der Waals surface area contributed by atoms with Gasteiger partial charge in [-0.15, -0.1) is 0 Å². The van der Waals surface area contributed by atoms with Gasteiger partial charge in [0.05, 0.1) is 0 Å². The van der Waals surface area contributed by atoms with Crippen LogP contribution < -0.4 is 10.0 Å². The van der Waals surface area contributed by atoms with E-state index >= 15 is 0 Å². The zero-order valence-electron chi connectivity index (χ0n) is 16.1. The summed E-state index contributed by atoms with van der Waals surface area (Å²) in [6.45, 7) is 6.43. The fraction of sp³-hybridized carbons (Fsp3) is 0.632. The highest BCUT2D eigenvalue weighted by molar-refractivity contribution is 7.89. The van der Waals surface area contributed by atoms with Crippen molar-refractivity contribution in [3.63, 3.8) is 0 Å². The molecule has 0 aromatic heterocycles. The lowest BCUT2D eigenvalue weighted by Crippen LogP contribution is -2.40. The number of amides is 2. The largest absolute Gasteiger partial charge is 0.325 e. The van der Waals surface area contributed by atoms with E-state index < -0.39 is 26.3 Å². The summed E-state index contributed by atoms with van der Waals surface area (Å²) in [5.41, 5.74) is -0.0267. The summed E-state index contributed by atoms with van der Waals surface area (Å²) in [7, 11) is -4.03. The van der Waals surface area contributed by atoms with Crippen LogP contribution in [0.2, 0.25) is 0 Å². The van der Waals surface area contributed by atoms with Crippen LogP contribution in [0.25, 0.3) is 0 Å². The summed E-state index contributed by atoms with van der Waals surface area (Å²) in [6.07, 6.45) is 5.66. The molecule has 150 valence electrons. The second-order valence-electron chi connectivity index (χ2n) is 8.77. The van der Waals surface area contributed by atoms with Crippen LogP contribution in [0.15, 0.2) is 23.1 Å². The van der Waals surface area contributed by atoms with Crippen molar-refractivity contribution in [2.75, 3.05) is 18.4 Å². The van der Waals surface area contributed by atoms with E-state index in [-0.39, 0.29) is 11.7 Å². The van der Waals surface area contributed by atoms with E-state index in [1.54, 1.807) is 25.7 Å². The molecule has 1 spiro atoms. The maximum Gasteiger partial charge on any atom is 0.321 e. The molecule has 1 aliphatic carbocycles. The van der Waals surface area contributed by atoms with Crippen molar-refractivity contribution in [3.05, 3.63) is 24.0 Å². The Balaban J connectivity index is 1.73. The maximum atomic E-state index is 14.1. The van der Waals surface area contributed by atoms with Crippen LogP contribution in [0, 0.1) is 11.2 Å². The first-order valence-corrected chi connectivity index (χ1v) is 10.9. The highest BCUT2D eigenvalue weighted by Crippen LogP contribution is 2.53. The molecule has 1 aliphatic heterocycles. The molecular weight excluding hydrogens is 369 g/mol. The summed E-state index contributed by atoms with van der Waals surface area (Å²) in [6, 6.07) is 3.34. The third-order valence-corrected chi connectivity index (χ3v) is 6.98. The van der Waals surface area contributed by atoms with Gasteiger partial charge in [0.25, 0.3) is 0 Å². The number of carbonyl (C=O) groups excluding carboxylic acids is 1. The second-order valence-corrected chi connectivity index (χ2v) is 10.4. The lowest BCUT2D eigenvalue weighted by molar-refractivity contribution is 0.213. The fourth-order valence-corrected chi connectivity index (χ4v) is 5.10. The van der Waals surface area contributed by atoms with Crippen molar-refractivity contribution in [1.82, 2.24) is 9.62 Å². The maximum absolute atomic E-state index is 14.1. The number of likely N-dealkylation sites (tertiary alicyclic amines) is 1. The Bertz CT molecular complexity index is 829. The standard InChI is InChI=1S/C19H28FN3O3S/c1-18(2,3)22-27(25,26)16-13-14(5-6-15(16)20)21-17(24)23-11-4-7-19(8-9-19)10-12-23/h5-6,13,22H,4,7-12H2,1-3H3,(H,21,24). The van der Waals surface area contributed by atoms with Gasteiger partial charge in [-0.1, -0.05) is 0 Å². The molecule has 2 aliphatic rings. The molecule has 2 fully saturated rings. The van der Waals surface area contributed by atoms with Crippen LogP contribution in [-0.4, -0.2) is 38.0 Å². The third kappa shape index (κ3) is 4.99. The van der Waals surface area contributed by atoms with Crippen LogP contribution in [0.1, 0.15) is 52.9 Å². The minimum atomic E-state index is -4.03. The lowest BCUT2D eigenvalue weighted by Gasteiger charge is -2.22. The zero-order valence-corrected chi connectivity index (χ0v) is 17.0. The van der Waals surface area contributed by atoms with E-state index in [1.165, 1.54) is 25.0 Å². The van der Waals surface area contributed by atoms with Crippen molar-refractivity contribution >= 4 is 21.7 Å². The number of benzene rings is 1. The number of sulfonamides is 1. The molecule has 1 aromatic rings. The summed E-state index contributed by atoms with van der Waals surface area (Å²) >= 11 is 0. The van der Waals surface area contributed by atoms with Gasteiger partial charge in [-0.05, 0) is 76.5 Å². The van der Waals surface area contributed by atoms with Crippen LogP contribution in [0.3, 0.4) is 0 Å². The Kier molecular flexibility index (Phi) is 5.24. The van der Waals surface area contributed by atoms with Gasteiger partial charge in [0.1, 0.15) is 10.7 Å². The molecule has 1 saturated heterocycles. The molecule has 1 saturated carbocycles. The van der Waals surface area contributed by atoms with E-state index in [2.05, 4.69) is 10.0 Å². The molecule has 1 aromatic carbocycles. The van der Waals surface area contributed by atoms with Gasteiger partial charge in [0, 0.05) is 24.3 Å².